The van der Waals surface area contributed by atoms with E-state index in [1.807, 2.05) is 11.8 Å². The summed E-state index contributed by atoms with van der Waals surface area (Å²) < 4.78 is 5.97. The molecule has 1 unspecified atom stereocenters. The summed E-state index contributed by atoms with van der Waals surface area (Å²) in [5.41, 5.74) is 8.16. The topological polar surface area (TPSA) is 69.2 Å². The number of amidine groups is 1. The summed E-state index contributed by atoms with van der Waals surface area (Å²) in [7, 11) is 0. The van der Waals surface area contributed by atoms with Crippen molar-refractivity contribution < 1.29 is 9.53 Å². The lowest BCUT2D eigenvalue weighted by Crippen LogP contribution is -2.65. The predicted octanol–water partition coefficient (Wildman–Crippen LogP) is 4.30. The summed E-state index contributed by atoms with van der Waals surface area (Å²) in [6.07, 6.45) is 0. The first-order valence-electron chi connectivity index (χ1n) is 12.5. The molecule has 1 fully saturated rings. The molecule has 36 heavy (non-hydrogen) atoms. The first-order chi connectivity index (χ1) is 17.4. The maximum Gasteiger partial charge on any atom is 0.262 e. The zero-order valence-corrected chi connectivity index (χ0v) is 20.9. The molecule has 3 aliphatic heterocycles. The van der Waals surface area contributed by atoms with Gasteiger partial charge in [0, 0.05) is 18.8 Å². The Labute approximate surface area is 211 Å². The monoisotopic (exact) mass is 481 g/mol. The van der Waals surface area contributed by atoms with Crippen LogP contribution in [0.2, 0.25) is 0 Å². The summed E-state index contributed by atoms with van der Waals surface area (Å²) in [4.78, 5) is 16.8. The number of ether oxygens (including phenoxy) is 1. The molecule has 3 aromatic rings. The first kappa shape index (κ1) is 22.6. The van der Waals surface area contributed by atoms with Gasteiger partial charge in [0.1, 0.15) is 18.4 Å². The average molecular weight is 482 g/mol. The Morgan fingerprint density at radius 2 is 1.69 bits per heavy atom. The highest BCUT2D eigenvalue weighted by Crippen LogP contribution is 2.42. The molecule has 3 aliphatic rings. The van der Waals surface area contributed by atoms with Crippen LogP contribution in [-0.4, -0.2) is 47.9 Å². The van der Waals surface area contributed by atoms with Crippen molar-refractivity contribution in [1.29, 1.82) is 0 Å². The third kappa shape index (κ3) is 3.89. The van der Waals surface area contributed by atoms with Gasteiger partial charge in [-0.25, -0.2) is 5.43 Å². The molecule has 0 aliphatic carbocycles. The molecule has 3 heterocycles. The minimum absolute atomic E-state index is 0.0852. The molecular weight excluding hydrogens is 450 g/mol. The quantitative estimate of drug-likeness (QED) is 0.569. The van der Waals surface area contributed by atoms with Crippen LogP contribution < -0.4 is 20.4 Å². The number of rotatable bonds is 5. The normalized spacial score (nSPS) is 20.4. The minimum atomic E-state index is -0.344. The number of nitrogens with zero attached hydrogens (tertiary/aromatic N) is 3. The molecule has 1 saturated heterocycles. The number of fused-ring (bicyclic) bond motifs is 3. The molecular formula is C29H31N5O2. The molecule has 0 radical (unpaired) electrons. The highest BCUT2D eigenvalue weighted by molar-refractivity contribution is 6.09. The number of aryl methyl sites for hydroxylation is 1. The fourth-order valence-electron chi connectivity index (χ4n) is 5.63. The van der Waals surface area contributed by atoms with Gasteiger partial charge >= 0.3 is 0 Å². The van der Waals surface area contributed by atoms with E-state index in [1.165, 1.54) is 11.1 Å². The lowest BCUT2D eigenvalue weighted by atomic mass is 9.85. The Hall–Kier alpha value is -3.84. The molecule has 0 bridgehead atoms. The van der Waals surface area contributed by atoms with Crippen LogP contribution in [0.25, 0.3) is 0 Å². The molecule has 184 valence electrons. The van der Waals surface area contributed by atoms with Crippen molar-refractivity contribution in [2.45, 2.75) is 38.4 Å². The van der Waals surface area contributed by atoms with Crippen LogP contribution in [0.15, 0.2) is 77.9 Å². The van der Waals surface area contributed by atoms with E-state index in [1.54, 1.807) is 0 Å². The first-order valence-corrected chi connectivity index (χ1v) is 12.5. The second kappa shape index (κ2) is 8.68. The van der Waals surface area contributed by atoms with E-state index < -0.39 is 0 Å². The molecule has 0 spiro atoms. The lowest BCUT2D eigenvalue weighted by Gasteiger charge is -2.52. The highest BCUT2D eigenvalue weighted by atomic mass is 16.5. The zero-order chi connectivity index (χ0) is 24.9. The molecule has 6 rings (SSSR count). The molecule has 3 aromatic carbocycles. The number of nitrogens with one attached hydrogen (secondary N) is 2. The number of benzene rings is 3. The number of hydrogen-bond acceptors (Lipinski definition) is 6. The van der Waals surface area contributed by atoms with Crippen LogP contribution in [0.5, 0.6) is 5.75 Å². The highest BCUT2D eigenvalue weighted by Gasteiger charge is 2.43. The van der Waals surface area contributed by atoms with Crippen LogP contribution >= 0.6 is 0 Å². The van der Waals surface area contributed by atoms with Gasteiger partial charge in [0.25, 0.3) is 5.91 Å². The Balaban J connectivity index is 1.26. The van der Waals surface area contributed by atoms with Crippen LogP contribution in [0.4, 0.5) is 11.4 Å². The zero-order valence-electron chi connectivity index (χ0n) is 20.9. The molecule has 0 saturated carbocycles. The molecule has 1 amide bonds. The number of carbonyl (C=O) groups excluding carboxylic acids is 1. The minimum Gasteiger partial charge on any atom is -0.483 e. The van der Waals surface area contributed by atoms with Gasteiger partial charge in [0.05, 0.1) is 17.3 Å². The number of hydrogen-bond donors (Lipinski definition) is 2. The molecule has 2 N–H and O–H groups in total. The van der Waals surface area contributed by atoms with Gasteiger partial charge in [-0.15, -0.1) is 0 Å². The largest absolute Gasteiger partial charge is 0.483 e. The summed E-state index contributed by atoms with van der Waals surface area (Å²) >= 11 is 0. The summed E-state index contributed by atoms with van der Waals surface area (Å²) in [6, 6.07) is 25.5. The summed E-state index contributed by atoms with van der Waals surface area (Å²) in [5.74, 6) is 1.39. The van der Waals surface area contributed by atoms with Crippen molar-refractivity contribution in [2.24, 2.45) is 5.10 Å². The van der Waals surface area contributed by atoms with Crippen LogP contribution in [0.1, 0.15) is 36.6 Å². The van der Waals surface area contributed by atoms with Gasteiger partial charge in [0.15, 0.2) is 5.84 Å². The third-order valence-corrected chi connectivity index (χ3v) is 7.40. The Bertz CT molecular complexity index is 1280. The van der Waals surface area contributed by atoms with Crippen LogP contribution in [-0.2, 0) is 4.79 Å². The van der Waals surface area contributed by atoms with Gasteiger partial charge in [0.2, 0.25) is 0 Å². The Morgan fingerprint density at radius 1 is 1.06 bits per heavy atom. The molecule has 1 atom stereocenters. The van der Waals surface area contributed by atoms with Crippen molar-refractivity contribution in [3.8, 4) is 5.75 Å². The molecule has 7 heteroatoms. The van der Waals surface area contributed by atoms with Crippen LogP contribution in [0.3, 0.4) is 0 Å². The second-order valence-corrected chi connectivity index (χ2v) is 10.3. The van der Waals surface area contributed by atoms with Crippen molar-refractivity contribution in [2.75, 3.05) is 29.9 Å². The second-order valence-electron chi connectivity index (χ2n) is 10.3. The van der Waals surface area contributed by atoms with Gasteiger partial charge in [-0.3, -0.25) is 9.69 Å². The number of likely N-dealkylation sites (tertiary alicyclic amines) is 1. The standard InChI is InChI=1S/C29H31N5O2/c1-19-14-25-24(34-20(2)28(35)32-31-26(34)16-36-25)15-23(19)30-29(3)17-33(18-29)27(21-10-6-4-7-11-21)22-12-8-5-9-13-22/h4-15,20,27,30H,16-18H2,1-3H3,(H,32,35). The fourth-order valence-corrected chi connectivity index (χ4v) is 5.63. The van der Waals surface area contributed by atoms with E-state index in [0.29, 0.717) is 6.61 Å². The van der Waals surface area contributed by atoms with Crippen molar-refractivity contribution in [3.63, 3.8) is 0 Å². The fraction of sp³-hybridized carbons (Fsp3) is 0.310. The van der Waals surface area contributed by atoms with Crippen LogP contribution in [0, 0.1) is 6.92 Å². The SMILES string of the molecule is Cc1cc2c(cc1NC1(C)CN(C(c3ccccc3)c3ccccc3)C1)N1C(=NNC(=O)C1C)CO2. The van der Waals surface area contributed by atoms with Crippen molar-refractivity contribution in [1.82, 2.24) is 10.3 Å². The average Bonchev–Trinajstić information content (AvgIpc) is 2.87. The predicted molar refractivity (Wildman–Crippen MR) is 143 cm³/mol. The number of carbonyl (C=O) groups is 1. The van der Waals surface area contributed by atoms with Gasteiger partial charge < -0.3 is 15.0 Å². The van der Waals surface area contributed by atoms with E-state index in [0.717, 1.165) is 41.6 Å². The summed E-state index contributed by atoms with van der Waals surface area (Å²) in [6.45, 7) is 8.42. The van der Waals surface area contributed by atoms with Crippen molar-refractivity contribution >= 4 is 23.1 Å². The maximum absolute atomic E-state index is 12.3. The molecule has 0 aromatic heterocycles. The van der Waals surface area contributed by atoms with E-state index >= 15 is 0 Å². The number of hydrazone groups is 1. The Kier molecular flexibility index (Phi) is 5.45. The van der Waals surface area contributed by atoms with E-state index in [2.05, 4.69) is 107 Å². The van der Waals surface area contributed by atoms with E-state index in [-0.39, 0.29) is 23.5 Å². The molecule has 7 nitrogen and oxygen atoms in total. The smallest absolute Gasteiger partial charge is 0.262 e. The van der Waals surface area contributed by atoms with Gasteiger partial charge in [-0.1, -0.05) is 60.7 Å². The van der Waals surface area contributed by atoms with Gasteiger partial charge in [-0.05, 0) is 49.6 Å². The lowest BCUT2D eigenvalue weighted by molar-refractivity contribution is -0.122. The summed E-state index contributed by atoms with van der Waals surface area (Å²) in [5, 5.41) is 8.03. The van der Waals surface area contributed by atoms with Crippen molar-refractivity contribution in [3.05, 3.63) is 89.5 Å². The Morgan fingerprint density at radius 3 is 2.33 bits per heavy atom. The van der Waals surface area contributed by atoms with Gasteiger partial charge in [-0.2, -0.15) is 5.10 Å². The number of anilines is 2. The van der Waals surface area contributed by atoms with E-state index in [4.69, 9.17) is 4.74 Å². The maximum atomic E-state index is 12.3. The number of amides is 1. The van der Waals surface area contributed by atoms with E-state index in [9.17, 15) is 4.79 Å². The third-order valence-electron chi connectivity index (χ3n) is 7.40.